The van der Waals surface area contributed by atoms with Crippen molar-refractivity contribution in [2.45, 2.75) is 65.6 Å². The molecule has 0 spiro atoms. The summed E-state index contributed by atoms with van der Waals surface area (Å²) in [6, 6.07) is 0. The molecule has 86 valence electrons. The zero-order chi connectivity index (χ0) is 11.1. The van der Waals surface area contributed by atoms with Crippen molar-refractivity contribution in [1.82, 2.24) is 0 Å². The quantitative estimate of drug-likeness (QED) is 0.666. The molecule has 0 aromatic rings. The molecular formula is C12H26O2. The van der Waals surface area contributed by atoms with Crippen LogP contribution in [0.15, 0.2) is 0 Å². The van der Waals surface area contributed by atoms with Gasteiger partial charge in [-0.2, -0.15) is 0 Å². The molecule has 0 radical (unpaired) electrons. The van der Waals surface area contributed by atoms with Gasteiger partial charge in [-0.3, -0.25) is 0 Å². The molecule has 0 fully saturated rings. The molecule has 0 aliphatic carbocycles. The van der Waals surface area contributed by atoms with Gasteiger partial charge in [0, 0.05) is 0 Å². The van der Waals surface area contributed by atoms with Crippen LogP contribution in [0.2, 0.25) is 0 Å². The van der Waals surface area contributed by atoms with Crippen LogP contribution in [0.25, 0.3) is 0 Å². The molecule has 0 aromatic heterocycles. The van der Waals surface area contributed by atoms with Crippen LogP contribution in [0.1, 0.15) is 53.4 Å². The van der Waals surface area contributed by atoms with E-state index in [-0.39, 0.29) is 12.2 Å². The Kier molecular flexibility index (Phi) is 7.20. The molecule has 0 saturated heterocycles. The molecule has 0 saturated carbocycles. The fourth-order valence-electron chi connectivity index (χ4n) is 1.84. The maximum atomic E-state index is 9.64. The van der Waals surface area contributed by atoms with E-state index in [1.807, 2.05) is 6.92 Å². The molecule has 0 rings (SSSR count). The Bertz CT molecular complexity index is 116. The first kappa shape index (κ1) is 13.9. The molecular weight excluding hydrogens is 176 g/mol. The summed E-state index contributed by atoms with van der Waals surface area (Å²) >= 11 is 0. The maximum Gasteiger partial charge on any atom is 0.0542 e. The molecule has 0 aromatic carbocycles. The number of rotatable bonds is 7. The van der Waals surface area contributed by atoms with Crippen LogP contribution in [-0.4, -0.2) is 22.4 Å². The Balaban J connectivity index is 3.50. The van der Waals surface area contributed by atoms with Crippen molar-refractivity contribution in [3.63, 3.8) is 0 Å². The lowest BCUT2D eigenvalue weighted by atomic mass is 9.94. The van der Waals surface area contributed by atoms with E-state index < -0.39 is 0 Å². The van der Waals surface area contributed by atoms with Crippen LogP contribution in [-0.2, 0) is 0 Å². The minimum absolute atomic E-state index is 0.161. The Morgan fingerprint density at radius 1 is 0.857 bits per heavy atom. The van der Waals surface area contributed by atoms with E-state index in [1.54, 1.807) is 0 Å². The molecule has 3 unspecified atom stereocenters. The van der Waals surface area contributed by atoms with Gasteiger partial charge in [-0.05, 0) is 44.4 Å². The van der Waals surface area contributed by atoms with Gasteiger partial charge in [0.05, 0.1) is 12.2 Å². The van der Waals surface area contributed by atoms with E-state index in [4.69, 9.17) is 0 Å². The van der Waals surface area contributed by atoms with E-state index in [9.17, 15) is 10.2 Å². The van der Waals surface area contributed by atoms with Gasteiger partial charge in [-0.25, -0.2) is 0 Å². The zero-order valence-corrected chi connectivity index (χ0v) is 10.0. The Morgan fingerprint density at radius 2 is 1.43 bits per heavy atom. The van der Waals surface area contributed by atoms with Crippen LogP contribution in [0.3, 0.4) is 0 Å². The second kappa shape index (κ2) is 7.24. The monoisotopic (exact) mass is 202 g/mol. The normalized spacial score (nSPS) is 18.2. The zero-order valence-electron chi connectivity index (χ0n) is 10.0. The molecule has 2 N–H and O–H groups in total. The third-order valence-electron chi connectivity index (χ3n) is 2.48. The van der Waals surface area contributed by atoms with E-state index in [2.05, 4.69) is 20.8 Å². The topological polar surface area (TPSA) is 40.5 Å². The SMILES string of the molecule is CC(C)CC(O)CCC(C)CC(C)O. The van der Waals surface area contributed by atoms with Crippen molar-refractivity contribution in [3.05, 3.63) is 0 Å². The fourth-order valence-corrected chi connectivity index (χ4v) is 1.84. The minimum atomic E-state index is -0.216. The lowest BCUT2D eigenvalue weighted by Gasteiger charge is -2.17. The van der Waals surface area contributed by atoms with E-state index in [0.29, 0.717) is 11.8 Å². The summed E-state index contributed by atoms with van der Waals surface area (Å²) in [7, 11) is 0. The summed E-state index contributed by atoms with van der Waals surface area (Å²) in [5.41, 5.74) is 0. The van der Waals surface area contributed by atoms with Gasteiger partial charge in [0.1, 0.15) is 0 Å². The third-order valence-corrected chi connectivity index (χ3v) is 2.48. The first-order chi connectivity index (χ1) is 6.41. The molecule has 0 aliphatic rings. The highest BCUT2D eigenvalue weighted by Gasteiger charge is 2.11. The second-order valence-corrected chi connectivity index (χ2v) is 5.05. The molecule has 0 bridgehead atoms. The second-order valence-electron chi connectivity index (χ2n) is 5.05. The van der Waals surface area contributed by atoms with Gasteiger partial charge < -0.3 is 10.2 Å². The number of aliphatic hydroxyl groups is 2. The first-order valence-corrected chi connectivity index (χ1v) is 5.78. The predicted molar refractivity (Wildman–Crippen MR) is 60.2 cm³/mol. The Hall–Kier alpha value is -0.0800. The van der Waals surface area contributed by atoms with Crippen molar-refractivity contribution in [3.8, 4) is 0 Å². The van der Waals surface area contributed by atoms with Gasteiger partial charge >= 0.3 is 0 Å². The highest BCUT2D eigenvalue weighted by atomic mass is 16.3. The molecule has 0 heterocycles. The van der Waals surface area contributed by atoms with Crippen LogP contribution in [0.4, 0.5) is 0 Å². The lowest BCUT2D eigenvalue weighted by molar-refractivity contribution is 0.120. The van der Waals surface area contributed by atoms with Gasteiger partial charge in [0.2, 0.25) is 0 Å². The Labute approximate surface area is 88.3 Å². The Morgan fingerprint density at radius 3 is 1.86 bits per heavy atom. The lowest BCUT2D eigenvalue weighted by Crippen LogP contribution is -2.13. The summed E-state index contributed by atoms with van der Waals surface area (Å²) < 4.78 is 0. The van der Waals surface area contributed by atoms with Gasteiger partial charge in [0.15, 0.2) is 0 Å². The van der Waals surface area contributed by atoms with Crippen molar-refractivity contribution < 1.29 is 10.2 Å². The number of hydrogen-bond acceptors (Lipinski definition) is 2. The highest BCUT2D eigenvalue weighted by Crippen LogP contribution is 2.17. The summed E-state index contributed by atoms with van der Waals surface area (Å²) in [6.07, 6.45) is 3.24. The van der Waals surface area contributed by atoms with Crippen molar-refractivity contribution in [2.24, 2.45) is 11.8 Å². The average molecular weight is 202 g/mol. The van der Waals surface area contributed by atoms with Crippen molar-refractivity contribution in [2.75, 3.05) is 0 Å². The molecule has 14 heavy (non-hydrogen) atoms. The molecule has 0 aliphatic heterocycles. The summed E-state index contributed by atoms with van der Waals surface area (Å²) in [5, 5.41) is 18.8. The number of aliphatic hydroxyl groups excluding tert-OH is 2. The molecule has 0 amide bonds. The summed E-state index contributed by atoms with van der Waals surface area (Å²) in [5.74, 6) is 1.08. The number of hydrogen-bond donors (Lipinski definition) is 2. The fraction of sp³-hybridized carbons (Fsp3) is 1.00. The maximum absolute atomic E-state index is 9.64. The smallest absolute Gasteiger partial charge is 0.0542 e. The molecule has 2 heteroatoms. The highest BCUT2D eigenvalue weighted by molar-refractivity contribution is 4.63. The summed E-state index contributed by atoms with van der Waals surface area (Å²) in [6.45, 7) is 8.21. The van der Waals surface area contributed by atoms with E-state index >= 15 is 0 Å². The van der Waals surface area contributed by atoms with Crippen molar-refractivity contribution >= 4 is 0 Å². The largest absolute Gasteiger partial charge is 0.393 e. The third kappa shape index (κ3) is 8.52. The molecule has 2 nitrogen and oxygen atoms in total. The van der Waals surface area contributed by atoms with Crippen LogP contribution < -0.4 is 0 Å². The van der Waals surface area contributed by atoms with Crippen LogP contribution in [0, 0.1) is 11.8 Å². The average Bonchev–Trinajstić information content (AvgIpc) is 1.98. The summed E-state index contributed by atoms with van der Waals surface area (Å²) in [4.78, 5) is 0. The van der Waals surface area contributed by atoms with Crippen molar-refractivity contribution in [1.29, 1.82) is 0 Å². The van der Waals surface area contributed by atoms with E-state index in [0.717, 1.165) is 25.7 Å². The minimum Gasteiger partial charge on any atom is -0.393 e. The van der Waals surface area contributed by atoms with Gasteiger partial charge in [-0.15, -0.1) is 0 Å². The first-order valence-electron chi connectivity index (χ1n) is 5.78. The van der Waals surface area contributed by atoms with Gasteiger partial charge in [0.25, 0.3) is 0 Å². The van der Waals surface area contributed by atoms with E-state index in [1.165, 1.54) is 0 Å². The molecule has 3 atom stereocenters. The predicted octanol–water partition coefficient (Wildman–Crippen LogP) is 2.58. The van der Waals surface area contributed by atoms with Crippen LogP contribution in [0.5, 0.6) is 0 Å². The standard InChI is InChI=1S/C12H26O2/c1-9(2)7-12(14)6-5-10(3)8-11(4)13/h9-14H,5-8H2,1-4H3. The van der Waals surface area contributed by atoms with Gasteiger partial charge in [-0.1, -0.05) is 20.8 Å². The van der Waals surface area contributed by atoms with Crippen LogP contribution >= 0.6 is 0 Å².